The van der Waals surface area contributed by atoms with Gasteiger partial charge in [-0.3, -0.25) is 0 Å². The second-order valence-electron chi connectivity index (χ2n) is 9.20. The lowest BCUT2D eigenvalue weighted by molar-refractivity contribution is 0.0894. The van der Waals surface area contributed by atoms with Crippen molar-refractivity contribution in [1.82, 2.24) is 9.47 Å². The fraction of sp³-hybridized carbons (Fsp3) is 0.667. The maximum Gasteiger partial charge on any atom is 0.0485 e. The smallest absolute Gasteiger partial charge is 0.0485 e. The van der Waals surface area contributed by atoms with Gasteiger partial charge in [0.05, 0.1) is 0 Å². The summed E-state index contributed by atoms with van der Waals surface area (Å²) in [4.78, 5) is 2.81. The van der Waals surface area contributed by atoms with Gasteiger partial charge in [0.25, 0.3) is 0 Å². The third-order valence-electron chi connectivity index (χ3n) is 7.33. The number of likely N-dealkylation sites (tertiary alicyclic amines) is 1. The SMILES string of the molecule is CC(C)C1CCC(N2CCC(n3cc(CCN)c4ccccc43)CC2)CC1. The first-order valence-corrected chi connectivity index (χ1v) is 11.2. The van der Waals surface area contributed by atoms with Crippen molar-refractivity contribution in [2.24, 2.45) is 17.6 Å². The molecule has 4 rings (SSSR count). The zero-order chi connectivity index (χ0) is 18.8. The first-order valence-electron chi connectivity index (χ1n) is 11.2. The van der Waals surface area contributed by atoms with E-state index in [1.54, 1.807) is 0 Å². The summed E-state index contributed by atoms with van der Waals surface area (Å²) in [6, 6.07) is 10.4. The first-order chi connectivity index (χ1) is 13.2. The van der Waals surface area contributed by atoms with Gasteiger partial charge in [-0.1, -0.05) is 32.0 Å². The van der Waals surface area contributed by atoms with Crippen molar-refractivity contribution in [3.05, 3.63) is 36.0 Å². The van der Waals surface area contributed by atoms with Crippen LogP contribution in [0.3, 0.4) is 0 Å². The van der Waals surface area contributed by atoms with Crippen LogP contribution in [0.1, 0.15) is 64.0 Å². The molecule has 1 aliphatic heterocycles. The van der Waals surface area contributed by atoms with Crippen molar-refractivity contribution in [3.8, 4) is 0 Å². The topological polar surface area (TPSA) is 34.2 Å². The predicted molar refractivity (Wildman–Crippen MR) is 115 cm³/mol. The van der Waals surface area contributed by atoms with E-state index in [4.69, 9.17) is 5.73 Å². The molecule has 0 amide bonds. The average molecular weight is 368 g/mol. The standard InChI is InChI=1S/C24H37N3/c1-18(2)19-7-9-21(10-8-19)26-15-12-22(13-16-26)27-17-20(11-14-25)23-5-3-4-6-24(23)27/h3-6,17-19,21-22H,7-16,25H2,1-2H3. The molecule has 148 valence electrons. The van der Waals surface area contributed by atoms with E-state index in [2.05, 4.69) is 53.8 Å². The second kappa shape index (κ2) is 8.36. The highest BCUT2D eigenvalue weighted by Crippen LogP contribution is 2.35. The Labute approximate surface area is 164 Å². The summed E-state index contributed by atoms with van der Waals surface area (Å²) in [6.07, 6.45) is 11.6. The molecule has 0 atom stereocenters. The molecular formula is C24H37N3. The Morgan fingerprint density at radius 2 is 1.67 bits per heavy atom. The molecule has 0 bridgehead atoms. The molecule has 27 heavy (non-hydrogen) atoms. The molecule has 2 N–H and O–H groups in total. The van der Waals surface area contributed by atoms with Gasteiger partial charge in [-0.2, -0.15) is 0 Å². The summed E-state index contributed by atoms with van der Waals surface area (Å²) >= 11 is 0. The Balaban J connectivity index is 1.41. The van der Waals surface area contributed by atoms with E-state index in [1.807, 2.05) is 0 Å². The van der Waals surface area contributed by atoms with Crippen LogP contribution in [0.15, 0.2) is 30.5 Å². The van der Waals surface area contributed by atoms with Crippen LogP contribution < -0.4 is 5.73 Å². The van der Waals surface area contributed by atoms with Gasteiger partial charge < -0.3 is 15.2 Å². The highest BCUT2D eigenvalue weighted by Gasteiger charge is 2.30. The van der Waals surface area contributed by atoms with Crippen molar-refractivity contribution >= 4 is 10.9 Å². The van der Waals surface area contributed by atoms with Crippen LogP contribution in [0, 0.1) is 11.8 Å². The molecule has 2 heterocycles. The largest absolute Gasteiger partial charge is 0.344 e. The molecule has 2 aromatic rings. The number of hydrogen-bond acceptors (Lipinski definition) is 2. The predicted octanol–water partition coefficient (Wildman–Crippen LogP) is 4.99. The van der Waals surface area contributed by atoms with E-state index in [-0.39, 0.29) is 0 Å². The molecule has 1 saturated carbocycles. The highest BCUT2D eigenvalue weighted by atomic mass is 15.2. The van der Waals surface area contributed by atoms with E-state index in [0.29, 0.717) is 6.04 Å². The Morgan fingerprint density at radius 3 is 2.33 bits per heavy atom. The quantitative estimate of drug-likeness (QED) is 0.807. The lowest BCUT2D eigenvalue weighted by Gasteiger charge is -2.42. The molecule has 0 radical (unpaired) electrons. The number of aromatic nitrogens is 1. The van der Waals surface area contributed by atoms with Crippen LogP contribution in [0.4, 0.5) is 0 Å². The van der Waals surface area contributed by atoms with E-state index in [1.165, 1.54) is 68.1 Å². The Morgan fingerprint density at radius 1 is 0.963 bits per heavy atom. The van der Waals surface area contributed by atoms with Crippen LogP contribution in [0.5, 0.6) is 0 Å². The molecule has 2 fully saturated rings. The van der Waals surface area contributed by atoms with Crippen molar-refractivity contribution in [1.29, 1.82) is 0 Å². The van der Waals surface area contributed by atoms with Gasteiger partial charge in [-0.15, -0.1) is 0 Å². The third-order valence-corrected chi connectivity index (χ3v) is 7.33. The summed E-state index contributed by atoms with van der Waals surface area (Å²) in [5.41, 5.74) is 8.67. The summed E-state index contributed by atoms with van der Waals surface area (Å²) < 4.78 is 2.56. The fourth-order valence-corrected chi connectivity index (χ4v) is 5.60. The van der Waals surface area contributed by atoms with E-state index >= 15 is 0 Å². The van der Waals surface area contributed by atoms with Crippen molar-refractivity contribution in [2.75, 3.05) is 19.6 Å². The zero-order valence-electron chi connectivity index (χ0n) is 17.2. The molecule has 1 aliphatic carbocycles. The summed E-state index contributed by atoms with van der Waals surface area (Å²) in [5, 5.41) is 1.40. The number of benzene rings is 1. The van der Waals surface area contributed by atoms with Gasteiger partial charge in [-0.05, 0) is 75.0 Å². The number of piperidine rings is 1. The van der Waals surface area contributed by atoms with Crippen LogP contribution >= 0.6 is 0 Å². The van der Waals surface area contributed by atoms with Gasteiger partial charge >= 0.3 is 0 Å². The molecular weight excluding hydrogens is 330 g/mol. The molecule has 3 nitrogen and oxygen atoms in total. The van der Waals surface area contributed by atoms with Crippen molar-refractivity contribution < 1.29 is 0 Å². The minimum absolute atomic E-state index is 0.643. The summed E-state index contributed by atoms with van der Waals surface area (Å²) in [6.45, 7) is 8.06. The van der Waals surface area contributed by atoms with E-state index < -0.39 is 0 Å². The molecule has 1 aromatic heterocycles. The van der Waals surface area contributed by atoms with Gasteiger partial charge in [0.2, 0.25) is 0 Å². The third kappa shape index (κ3) is 3.95. The minimum atomic E-state index is 0.643. The monoisotopic (exact) mass is 367 g/mol. The fourth-order valence-electron chi connectivity index (χ4n) is 5.60. The molecule has 1 saturated heterocycles. The number of hydrogen-bond donors (Lipinski definition) is 1. The number of nitrogens with zero attached hydrogens (tertiary/aromatic N) is 2. The number of fused-ring (bicyclic) bond motifs is 1. The molecule has 0 unspecified atom stereocenters. The Hall–Kier alpha value is -1.32. The lowest BCUT2D eigenvalue weighted by Crippen LogP contribution is -2.43. The van der Waals surface area contributed by atoms with E-state index in [9.17, 15) is 0 Å². The number of nitrogens with two attached hydrogens (primary N) is 1. The Kier molecular flexibility index (Phi) is 5.89. The molecule has 2 aliphatic rings. The maximum absolute atomic E-state index is 5.85. The first kappa shape index (κ1) is 19.0. The van der Waals surface area contributed by atoms with Crippen LogP contribution in [-0.2, 0) is 6.42 Å². The summed E-state index contributed by atoms with van der Waals surface area (Å²) in [7, 11) is 0. The van der Waals surface area contributed by atoms with Crippen molar-refractivity contribution in [2.45, 2.75) is 70.9 Å². The number of para-hydroxylation sites is 1. The van der Waals surface area contributed by atoms with Gasteiger partial charge in [0, 0.05) is 42.3 Å². The molecule has 3 heteroatoms. The summed E-state index contributed by atoms with van der Waals surface area (Å²) in [5.74, 6) is 1.83. The average Bonchev–Trinajstić information content (AvgIpc) is 3.07. The van der Waals surface area contributed by atoms with Gasteiger partial charge in [0.1, 0.15) is 0 Å². The van der Waals surface area contributed by atoms with Crippen LogP contribution in [0.25, 0.3) is 10.9 Å². The normalized spacial score (nSPS) is 25.5. The van der Waals surface area contributed by atoms with E-state index in [0.717, 1.165) is 30.8 Å². The molecule has 0 spiro atoms. The Bertz CT molecular complexity index is 731. The second-order valence-corrected chi connectivity index (χ2v) is 9.20. The van der Waals surface area contributed by atoms with Gasteiger partial charge in [0.15, 0.2) is 0 Å². The minimum Gasteiger partial charge on any atom is -0.344 e. The van der Waals surface area contributed by atoms with Crippen LogP contribution in [0.2, 0.25) is 0 Å². The number of rotatable bonds is 5. The van der Waals surface area contributed by atoms with Gasteiger partial charge in [-0.25, -0.2) is 0 Å². The van der Waals surface area contributed by atoms with Crippen LogP contribution in [-0.4, -0.2) is 35.1 Å². The highest BCUT2D eigenvalue weighted by molar-refractivity contribution is 5.84. The lowest BCUT2D eigenvalue weighted by atomic mass is 9.79. The zero-order valence-corrected chi connectivity index (χ0v) is 17.2. The molecule has 1 aromatic carbocycles. The van der Waals surface area contributed by atoms with Crippen molar-refractivity contribution in [3.63, 3.8) is 0 Å². The maximum atomic E-state index is 5.85.